The number of hydrogen-bond acceptors (Lipinski definition) is 11. The second kappa shape index (κ2) is 30.6. The Kier molecular flexibility index (Phi) is 25.6. The number of aromatic nitrogens is 3. The van der Waals surface area contributed by atoms with Gasteiger partial charge in [0.25, 0.3) is 0 Å². The lowest BCUT2D eigenvalue weighted by Gasteiger charge is -2.21. The van der Waals surface area contributed by atoms with Crippen molar-refractivity contribution in [1.82, 2.24) is 19.9 Å². The number of fused-ring (bicyclic) bond motifs is 1. The third-order valence-electron chi connectivity index (χ3n) is 8.36. The zero-order valence-corrected chi connectivity index (χ0v) is 38.4. The van der Waals surface area contributed by atoms with Crippen molar-refractivity contribution in [1.29, 1.82) is 0 Å². The van der Waals surface area contributed by atoms with E-state index in [1.807, 2.05) is 133 Å². The first-order chi connectivity index (χ1) is 29.8. The second-order valence-corrected chi connectivity index (χ2v) is 14.0. The molecule has 1 saturated heterocycles. The van der Waals surface area contributed by atoms with Gasteiger partial charge in [-0.1, -0.05) is 53.6 Å². The molecule has 0 saturated carbocycles. The van der Waals surface area contributed by atoms with E-state index in [0.717, 1.165) is 72.9 Å². The molecule has 4 aromatic carbocycles. The number of ether oxygens (including phenoxy) is 7. The smallest absolute Gasteiger partial charge is 0.308 e. The maximum atomic E-state index is 10.5. The molecule has 0 aliphatic carbocycles. The lowest BCUT2D eigenvalue weighted by Crippen LogP contribution is -2.32. The molecule has 1 N–H and O–H groups in total. The molecule has 0 spiro atoms. The summed E-state index contributed by atoms with van der Waals surface area (Å²) in [6.07, 6.45) is 7.04. The number of nitrogens with one attached hydrogen (secondary N) is 1. The molecule has 0 amide bonds. The molecule has 0 atom stereocenters. The highest BCUT2D eigenvalue weighted by atomic mass is 16.7. The van der Waals surface area contributed by atoms with Crippen molar-refractivity contribution in [3.05, 3.63) is 155 Å². The van der Waals surface area contributed by atoms with E-state index in [0.29, 0.717) is 12.5 Å². The van der Waals surface area contributed by atoms with Crippen molar-refractivity contribution in [3.63, 3.8) is 0 Å². The fourth-order valence-electron chi connectivity index (χ4n) is 4.95. The number of carbonyl (C=O) groups is 1. The number of rotatable bonds is 5. The number of methoxy groups -OCH3 is 2. The third-order valence-corrected chi connectivity index (χ3v) is 8.36. The Labute approximate surface area is 369 Å². The molecule has 2 aliphatic rings. The molecule has 2 aliphatic heterocycles. The molecule has 8 rings (SSSR count). The highest BCUT2D eigenvalue weighted by Gasteiger charge is 2.11. The van der Waals surface area contributed by atoms with Crippen LogP contribution in [0.3, 0.4) is 0 Å². The molecule has 12 nitrogen and oxygen atoms in total. The van der Waals surface area contributed by atoms with Gasteiger partial charge in [-0.15, -0.1) is 0 Å². The van der Waals surface area contributed by atoms with Crippen LogP contribution in [0.2, 0.25) is 0 Å². The summed E-state index contributed by atoms with van der Waals surface area (Å²) < 4.78 is 35.6. The van der Waals surface area contributed by atoms with Crippen molar-refractivity contribution >= 4 is 5.97 Å². The Morgan fingerprint density at radius 3 is 1.71 bits per heavy atom. The highest BCUT2D eigenvalue weighted by molar-refractivity contribution is 5.69. The number of carbonyl (C=O) groups excluding carboxylic acids is 1. The van der Waals surface area contributed by atoms with Gasteiger partial charge >= 0.3 is 5.97 Å². The Bertz CT molecular complexity index is 2050. The number of aryl methyl sites for hydroxylation is 6. The summed E-state index contributed by atoms with van der Waals surface area (Å²) in [5.74, 6) is 4.54. The number of hydrogen-bond donors (Lipinski definition) is 1. The lowest BCUT2D eigenvalue weighted by molar-refractivity contribution is -0.131. The summed E-state index contributed by atoms with van der Waals surface area (Å²) in [6.45, 7) is 20.6. The predicted molar refractivity (Wildman–Crippen MR) is 247 cm³/mol. The summed E-state index contributed by atoms with van der Waals surface area (Å²) in [6, 6.07) is 31.1. The number of morpholine rings is 1. The van der Waals surface area contributed by atoms with E-state index in [2.05, 4.69) is 33.8 Å². The first kappa shape index (κ1) is 51.8. The van der Waals surface area contributed by atoms with E-state index in [9.17, 15) is 4.79 Å². The van der Waals surface area contributed by atoms with Crippen LogP contribution in [0.1, 0.15) is 47.4 Å². The van der Waals surface area contributed by atoms with E-state index >= 15 is 0 Å². The molecule has 334 valence electrons. The summed E-state index contributed by atoms with van der Waals surface area (Å²) in [4.78, 5) is 23.3. The van der Waals surface area contributed by atoms with Crippen LogP contribution in [-0.2, 0) is 9.53 Å². The maximum Gasteiger partial charge on any atom is 0.308 e. The monoisotopic (exact) mass is 850 g/mol. The Morgan fingerprint density at radius 1 is 0.677 bits per heavy atom. The topological polar surface area (TPSA) is 126 Å². The molecule has 0 unspecified atom stereocenters. The summed E-state index contributed by atoms with van der Waals surface area (Å²) in [5, 5.41) is 0. The van der Waals surface area contributed by atoms with E-state index in [4.69, 9.17) is 33.2 Å². The number of likely N-dealkylation sites (N-methyl/N-ethyl adjacent to an activating group) is 1. The number of benzene rings is 4. The predicted octanol–water partition coefficient (Wildman–Crippen LogP) is 10.1. The van der Waals surface area contributed by atoms with Crippen LogP contribution in [0.4, 0.5) is 0 Å². The molecule has 2 aromatic heterocycles. The van der Waals surface area contributed by atoms with Gasteiger partial charge < -0.3 is 43.0 Å². The van der Waals surface area contributed by atoms with Crippen LogP contribution in [0.5, 0.6) is 34.5 Å². The van der Waals surface area contributed by atoms with Gasteiger partial charge in [-0.2, -0.15) is 0 Å². The van der Waals surface area contributed by atoms with Crippen LogP contribution in [0.25, 0.3) is 0 Å². The molecule has 0 bridgehead atoms. The van der Waals surface area contributed by atoms with Gasteiger partial charge in [0, 0.05) is 44.3 Å². The number of H-pyrrole nitrogens is 1. The molecule has 6 aromatic rings. The minimum Gasteiger partial charge on any atom is -0.494 e. The number of pyridine rings is 1. The molecule has 1 fully saturated rings. The van der Waals surface area contributed by atoms with Gasteiger partial charge in [-0.3, -0.25) is 9.78 Å². The van der Waals surface area contributed by atoms with Crippen LogP contribution in [-0.4, -0.2) is 86.8 Å². The largest absolute Gasteiger partial charge is 0.494 e. The molecule has 62 heavy (non-hydrogen) atoms. The van der Waals surface area contributed by atoms with Crippen molar-refractivity contribution < 1.29 is 38.0 Å². The van der Waals surface area contributed by atoms with E-state index < -0.39 is 0 Å². The Morgan fingerprint density at radius 2 is 1.26 bits per heavy atom. The average Bonchev–Trinajstić information content (AvgIpc) is 3.96. The maximum absolute atomic E-state index is 10.5. The SMILES string of the molecule is CC(=O)Oc1ccc(C)cc1.CCOc1ccc(C)cc1.CN1CCOCC1.COc1ccc(C)cc1OC.Cc1ccc2c(c1)OCO2.Cc1cccnc1.Cc1cnc[nH]1. The number of nitrogens with zero attached hydrogens (tertiary/aromatic N) is 3. The van der Waals surface area contributed by atoms with Crippen molar-refractivity contribution in [2.24, 2.45) is 0 Å². The zero-order valence-electron chi connectivity index (χ0n) is 38.4. The number of imidazole rings is 1. The third kappa shape index (κ3) is 23.4. The van der Waals surface area contributed by atoms with Gasteiger partial charge in [0.1, 0.15) is 11.5 Å². The van der Waals surface area contributed by atoms with Crippen LogP contribution >= 0.6 is 0 Å². The highest BCUT2D eigenvalue weighted by Crippen LogP contribution is 2.32. The summed E-state index contributed by atoms with van der Waals surface area (Å²) in [5.41, 5.74) is 7.11. The quantitative estimate of drug-likeness (QED) is 0.132. The fraction of sp³-hybridized carbons (Fsp3) is 0.340. The number of esters is 1. The standard InChI is InChI=1S/C9H12O2.C9H10O2.C9H12O.C8H8O2.C6H7N.C5H11NO.C4H6N2/c1-7-4-5-8(10-2)9(6-7)11-3;1-7-3-5-9(6-4-7)11-8(2)10;1-3-10-9-6-4-8(2)5-7-9;1-6-2-3-7-8(4-6)10-5-9-7;1-6-3-2-4-7-5-6;1-6-2-4-7-5-3-6;1-4-2-5-3-6-4/h4-6H,1-3H3;3-6H,1-2H3;4-7H,3H2,1-2H3;2-4H,5H2,1H3;2-5H,1H3;2-5H2,1H3;2-3H,1H3,(H,5,6). The zero-order chi connectivity index (χ0) is 45.5. The number of aromatic amines is 1. The molecular weight excluding hydrogens is 785 g/mol. The fourth-order valence-corrected chi connectivity index (χ4v) is 4.95. The first-order valence-electron chi connectivity index (χ1n) is 20.4. The van der Waals surface area contributed by atoms with E-state index in [1.54, 1.807) is 45.1 Å². The van der Waals surface area contributed by atoms with Crippen molar-refractivity contribution in [2.75, 3.05) is 61.0 Å². The second-order valence-electron chi connectivity index (χ2n) is 14.0. The lowest BCUT2D eigenvalue weighted by atomic mass is 10.2. The Hall–Kier alpha value is -6.37. The molecule has 12 heteroatoms. The van der Waals surface area contributed by atoms with Gasteiger partial charge in [-0.05, 0) is 127 Å². The van der Waals surface area contributed by atoms with Gasteiger partial charge in [0.2, 0.25) is 6.79 Å². The van der Waals surface area contributed by atoms with Gasteiger partial charge in [0.15, 0.2) is 23.0 Å². The minimum atomic E-state index is -0.283. The van der Waals surface area contributed by atoms with E-state index in [-0.39, 0.29) is 5.97 Å². The van der Waals surface area contributed by atoms with Crippen LogP contribution in [0.15, 0.2) is 122 Å². The minimum absolute atomic E-state index is 0.283. The van der Waals surface area contributed by atoms with Gasteiger partial charge in [-0.25, -0.2) is 4.98 Å². The van der Waals surface area contributed by atoms with Gasteiger partial charge in [0.05, 0.1) is 40.4 Å². The Balaban J connectivity index is 0.000000251. The molecule has 4 heterocycles. The van der Waals surface area contributed by atoms with Crippen molar-refractivity contribution in [3.8, 4) is 34.5 Å². The normalized spacial score (nSPS) is 11.7. The van der Waals surface area contributed by atoms with Crippen LogP contribution < -0.4 is 28.4 Å². The van der Waals surface area contributed by atoms with E-state index in [1.165, 1.54) is 29.2 Å². The summed E-state index contributed by atoms with van der Waals surface area (Å²) in [7, 11) is 5.38. The van der Waals surface area contributed by atoms with Crippen LogP contribution in [0, 0.1) is 41.5 Å². The summed E-state index contributed by atoms with van der Waals surface area (Å²) >= 11 is 0. The molecular formula is C50H66N4O8. The molecule has 0 radical (unpaired) electrons. The van der Waals surface area contributed by atoms with Crippen molar-refractivity contribution in [2.45, 2.75) is 55.4 Å². The first-order valence-corrected chi connectivity index (χ1v) is 20.4. The average molecular weight is 851 g/mol.